The summed E-state index contributed by atoms with van der Waals surface area (Å²) in [6.45, 7) is 4.55. The molecule has 1 aromatic heterocycles. The number of morpholine rings is 1. The van der Waals surface area contributed by atoms with Crippen molar-refractivity contribution >= 4 is 5.82 Å². The number of phenols is 1. The molecule has 150 valence electrons. The highest BCUT2D eigenvalue weighted by atomic mass is 19.4. The smallest absolute Gasteiger partial charge is 0.416 e. The van der Waals surface area contributed by atoms with Crippen molar-refractivity contribution in [2.45, 2.75) is 31.7 Å². The van der Waals surface area contributed by atoms with Gasteiger partial charge in [0.15, 0.2) is 5.82 Å². The zero-order chi connectivity index (χ0) is 19.9. The van der Waals surface area contributed by atoms with Crippen LogP contribution in [0.25, 0.3) is 11.3 Å². The van der Waals surface area contributed by atoms with Crippen molar-refractivity contribution in [1.82, 2.24) is 15.5 Å². The number of anilines is 1. The molecule has 1 aromatic carbocycles. The van der Waals surface area contributed by atoms with Crippen LogP contribution in [0, 0.1) is 6.92 Å². The summed E-state index contributed by atoms with van der Waals surface area (Å²) in [4.78, 5) is 2.15. The van der Waals surface area contributed by atoms with Gasteiger partial charge in [0, 0.05) is 18.7 Å². The number of alkyl halides is 3. The molecule has 4 rings (SSSR count). The van der Waals surface area contributed by atoms with Crippen LogP contribution in [0.1, 0.15) is 17.5 Å². The van der Waals surface area contributed by atoms with Gasteiger partial charge in [0.25, 0.3) is 0 Å². The number of nitrogens with zero attached hydrogens (tertiary/aromatic N) is 3. The van der Waals surface area contributed by atoms with Gasteiger partial charge in [-0.05, 0) is 49.7 Å². The van der Waals surface area contributed by atoms with Crippen molar-refractivity contribution in [3.05, 3.63) is 35.4 Å². The molecule has 2 saturated heterocycles. The lowest BCUT2D eigenvalue weighted by Crippen LogP contribution is -2.59. The number of rotatable bonds is 2. The van der Waals surface area contributed by atoms with Crippen LogP contribution >= 0.6 is 0 Å². The first-order chi connectivity index (χ1) is 13.3. The number of aromatic nitrogens is 2. The van der Waals surface area contributed by atoms with E-state index in [0.29, 0.717) is 24.7 Å². The van der Waals surface area contributed by atoms with Gasteiger partial charge in [-0.15, -0.1) is 10.2 Å². The Bertz CT molecular complexity index is 832. The van der Waals surface area contributed by atoms with Crippen molar-refractivity contribution in [2.24, 2.45) is 0 Å². The van der Waals surface area contributed by atoms with Gasteiger partial charge in [0.1, 0.15) is 5.75 Å². The van der Waals surface area contributed by atoms with Crippen LogP contribution in [0.5, 0.6) is 5.75 Å². The van der Waals surface area contributed by atoms with Gasteiger partial charge in [0.2, 0.25) is 0 Å². The van der Waals surface area contributed by atoms with E-state index in [2.05, 4.69) is 20.4 Å². The lowest BCUT2D eigenvalue weighted by Gasteiger charge is -2.44. The Kier molecular flexibility index (Phi) is 4.88. The van der Waals surface area contributed by atoms with Crippen LogP contribution in [0.2, 0.25) is 0 Å². The molecule has 9 heteroatoms. The van der Waals surface area contributed by atoms with Crippen LogP contribution in [-0.4, -0.2) is 53.7 Å². The van der Waals surface area contributed by atoms with E-state index < -0.39 is 17.5 Å². The minimum Gasteiger partial charge on any atom is -0.507 e. The molecule has 2 aliphatic rings. The quantitative estimate of drug-likeness (QED) is 0.816. The van der Waals surface area contributed by atoms with Gasteiger partial charge in [-0.3, -0.25) is 0 Å². The average Bonchev–Trinajstić information content (AvgIpc) is 2.67. The topological polar surface area (TPSA) is 70.5 Å². The summed E-state index contributed by atoms with van der Waals surface area (Å²) in [5, 5.41) is 22.0. The number of hydrogen-bond donors (Lipinski definition) is 2. The first-order valence-electron chi connectivity index (χ1n) is 9.18. The Labute approximate surface area is 160 Å². The Balaban J connectivity index is 1.62. The SMILES string of the molecule is Cc1cc(C(F)(F)F)cc(O)c1-c1ccc(N2CCOC3CCNCC32)nn1. The van der Waals surface area contributed by atoms with Gasteiger partial charge in [0.05, 0.1) is 30.0 Å². The first kappa shape index (κ1) is 18.9. The number of aryl methyl sites for hydroxylation is 1. The number of piperidine rings is 1. The van der Waals surface area contributed by atoms with Crippen LogP contribution in [0.3, 0.4) is 0 Å². The van der Waals surface area contributed by atoms with Gasteiger partial charge < -0.3 is 20.1 Å². The van der Waals surface area contributed by atoms with E-state index in [1.54, 1.807) is 12.1 Å². The molecular formula is C19H21F3N4O2. The van der Waals surface area contributed by atoms with Crippen molar-refractivity contribution in [1.29, 1.82) is 0 Å². The molecule has 2 unspecified atom stereocenters. The molecule has 2 N–H and O–H groups in total. The standard InChI is InChI=1S/C19H21F3N4O2/c1-11-8-12(19(20,21)22)9-15(27)18(11)13-2-3-17(25-24-13)26-6-7-28-16-4-5-23-10-14(16)26/h2-3,8-9,14,16,23,27H,4-7,10H2,1H3. The summed E-state index contributed by atoms with van der Waals surface area (Å²) >= 11 is 0. The zero-order valence-electron chi connectivity index (χ0n) is 15.3. The molecule has 28 heavy (non-hydrogen) atoms. The average molecular weight is 394 g/mol. The largest absolute Gasteiger partial charge is 0.507 e. The Morgan fingerprint density at radius 2 is 2.07 bits per heavy atom. The number of hydrogen-bond acceptors (Lipinski definition) is 6. The highest BCUT2D eigenvalue weighted by Crippen LogP contribution is 2.38. The molecule has 0 bridgehead atoms. The number of ether oxygens (including phenoxy) is 1. The Morgan fingerprint density at radius 3 is 2.75 bits per heavy atom. The molecule has 0 spiro atoms. The number of aromatic hydroxyl groups is 1. The number of halogens is 3. The predicted octanol–water partition coefficient (Wildman–Crippen LogP) is 2.74. The fourth-order valence-electron chi connectivity index (χ4n) is 3.95. The van der Waals surface area contributed by atoms with Crippen LogP contribution in [-0.2, 0) is 10.9 Å². The third-order valence-corrected chi connectivity index (χ3v) is 5.30. The maximum Gasteiger partial charge on any atom is 0.416 e. The Morgan fingerprint density at radius 1 is 1.25 bits per heavy atom. The highest BCUT2D eigenvalue weighted by Gasteiger charge is 2.35. The summed E-state index contributed by atoms with van der Waals surface area (Å²) in [5.74, 6) is 0.229. The van der Waals surface area contributed by atoms with E-state index in [1.807, 2.05) is 0 Å². The fraction of sp³-hybridized carbons (Fsp3) is 0.474. The monoisotopic (exact) mass is 394 g/mol. The molecule has 2 atom stereocenters. The summed E-state index contributed by atoms with van der Waals surface area (Å²) in [6, 6.07) is 5.36. The van der Waals surface area contributed by atoms with Crippen LogP contribution < -0.4 is 10.2 Å². The fourth-order valence-corrected chi connectivity index (χ4v) is 3.95. The molecule has 2 fully saturated rings. The second kappa shape index (κ2) is 7.21. The van der Waals surface area contributed by atoms with E-state index in [1.165, 1.54) is 6.92 Å². The molecule has 0 aliphatic carbocycles. The van der Waals surface area contributed by atoms with Gasteiger partial charge >= 0.3 is 6.18 Å². The summed E-state index contributed by atoms with van der Waals surface area (Å²) in [5.41, 5.74) is -0.0115. The van der Waals surface area contributed by atoms with E-state index in [9.17, 15) is 18.3 Å². The third-order valence-electron chi connectivity index (χ3n) is 5.30. The normalized spacial score (nSPS) is 22.8. The zero-order valence-corrected chi connectivity index (χ0v) is 15.3. The van der Waals surface area contributed by atoms with Gasteiger partial charge in [-0.1, -0.05) is 0 Å². The van der Waals surface area contributed by atoms with E-state index >= 15 is 0 Å². The number of phenolic OH excluding ortho intramolecular Hbond substituents is 1. The Hall–Kier alpha value is -2.39. The molecule has 0 saturated carbocycles. The predicted molar refractivity (Wildman–Crippen MR) is 97.2 cm³/mol. The second-order valence-corrected chi connectivity index (χ2v) is 7.12. The van der Waals surface area contributed by atoms with Crippen LogP contribution in [0.15, 0.2) is 24.3 Å². The molecular weight excluding hydrogens is 373 g/mol. The molecule has 3 heterocycles. The third kappa shape index (κ3) is 3.51. The van der Waals surface area contributed by atoms with Crippen LogP contribution in [0.4, 0.5) is 19.0 Å². The van der Waals surface area contributed by atoms with E-state index in [4.69, 9.17) is 4.74 Å². The summed E-state index contributed by atoms with van der Waals surface area (Å²) in [6.07, 6.45) is -3.43. The highest BCUT2D eigenvalue weighted by molar-refractivity contribution is 5.71. The van der Waals surface area contributed by atoms with Crippen molar-refractivity contribution in [3.8, 4) is 17.0 Å². The number of benzene rings is 1. The van der Waals surface area contributed by atoms with Crippen molar-refractivity contribution in [3.63, 3.8) is 0 Å². The molecule has 0 amide bonds. The first-order valence-corrected chi connectivity index (χ1v) is 9.18. The lowest BCUT2D eigenvalue weighted by molar-refractivity contribution is -0.137. The summed E-state index contributed by atoms with van der Waals surface area (Å²) in [7, 11) is 0. The number of nitrogens with one attached hydrogen (secondary N) is 1. The van der Waals surface area contributed by atoms with Crippen molar-refractivity contribution in [2.75, 3.05) is 31.1 Å². The molecule has 6 nitrogen and oxygen atoms in total. The minimum atomic E-state index is -4.52. The maximum atomic E-state index is 12.9. The second-order valence-electron chi connectivity index (χ2n) is 7.12. The van der Waals surface area contributed by atoms with Gasteiger partial charge in [-0.2, -0.15) is 13.2 Å². The maximum absolute atomic E-state index is 12.9. The van der Waals surface area contributed by atoms with Gasteiger partial charge in [-0.25, -0.2) is 0 Å². The van der Waals surface area contributed by atoms with E-state index in [0.717, 1.165) is 31.6 Å². The van der Waals surface area contributed by atoms with E-state index in [-0.39, 0.29) is 23.3 Å². The van der Waals surface area contributed by atoms with Crippen molar-refractivity contribution < 1.29 is 23.0 Å². The number of fused-ring (bicyclic) bond motifs is 1. The lowest BCUT2D eigenvalue weighted by atomic mass is 9.99. The molecule has 0 radical (unpaired) electrons. The molecule has 2 aliphatic heterocycles. The molecule has 2 aromatic rings. The summed E-state index contributed by atoms with van der Waals surface area (Å²) < 4.78 is 44.6. The minimum absolute atomic E-state index is 0.151.